The molecule has 0 aliphatic heterocycles. The van der Waals surface area contributed by atoms with Gasteiger partial charge in [0.05, 0.1) is 17.9 Å². The molecule has 0 saturated carbocycles. The van der Waals surface area contributed by atoms with Crippen molar-refractivity contribution in [2.45, 2.75) is 50.1 Å². The number of pyridine rings is 1. The minimum absolute atomic E-state index is 0.181. The largest absolute Gasteiger partial charge is 0.466 e. The van der Waals surface area contributed by atoms with E-state index in [0.717, 1.165) is 22.9 Å². The fraction of sp³-hybridized carbons (Fsp3) is 0.364. The van der Waals surface area contributed by atoms with Crippen molar-refractivity contribution in [3.8, 4) is 0 Å². The first kappa shape index (κ1) is 20.6. The van der Waals surface area contributed by atoms with Crippen LogP contribution in [-0.2, 0) is 38.9 Å². The van der Waals surface area contributed by atoms with E-state index >= 15 is 0 Å². The molecule has 0 spiro atoms. The van der Waals surface area contributed by atoms with Gasteiger partial charge in [-0.2, -0.15) is 0 Å². The molecule has 1 unspecified atom stereocenters. The summed E-state index contributed by atoms with van der Waals surface area (Å²) in [5.74, 6) is -0.206. The molecule has 0 radical (unpaired) electrons. The van der Waals surface area contributed by atoms with Crippen molar-refractivity contribution in [2.75, 3.05) is 6.61 Å². The van der Waals surface area contributed by atoms with Crippen LogP contribution in [0.4, 0.5) is 0 Å². The molecule has 1 aliphatic rings. The minimum atomic E-state index is -3.59. The third-order valence-electron chi connectivity index (χ3n) is 5.50. The van der Waals surface area contributed by atoms with E-state index in [4.69, 9.17) is 4.74 Å². The van der Waals surface area contributed by atoms with Crippen molar-refractivity contribution in [1.82, 2.24) is 14.3 Å². The van der Waals surface area contributed by atoms with Gasteiger partial charge in [0.2, 0.25) is 10.0 Å². The molecule has 7 nitrogen and oxygen atoms in total. The van der Waals surface area contributed by atoms with Crippen molar-refractivity contribution in [1.29, 1.82) is 0 Å². The highest BCUT2D eigenvalue weighted by Gasteiger charge is 2.28. The van der Waals surface area contributed by atoms with Gasteiger partial charge in [-0.3, -0.25) is 9.78 Å². The predicted octanol–water partition coefficient (Wildman–Crippen LogP) is 2.83. The quantitative estimate of drug-likeness (QED) is 0.586. The second-order valence-corrected chi connectivity index (χ2v) is 9.11. The molecule has 1 aliphatic carbocycles. The number of aromatic nitrogens is 2. The molecule has 8 heteroatoms. The molecule has 2 aromatic heterocycles. The van der Waals surface area contributed by atoms with Gasteiger partial charge in [0.25, 0.3) is 0 Å². The van der Waals surface area contributed by atoms with Gasteiger partial charge in [-0.1, -0.05) is 18.2 Å². The number of ether oxygens (including phenoxy) is 1. The molecular weight excluding hydrogens is 402 g/mol. The Morgan fingerprint density at radius 3 is 2.77 bits per heavy atom. The van der Waals surface area contributed by atoms with Crippen LogP contribution in [0.5, 0.6) is 0 Å². The topological polar surface area (TPSA) is 90.3 Å². The van der Waals surface area contributed by atoms with Crippen LogP contribution in [0.2, 0.25) is 0 Å². The molecule has 1 aromatic carbocycles. The van der Waals surface area contributed by atoms with E-state index in [0.29, 0.717) is 32.4 Å². The summed E-state index contributed by atoms with van der Waals surface area (Å²) in [7, 11) is -3.59. The molecule has 1 N–H and O–H groups in total. The summed E-state index contributed by atoms with van der Waals surface area (Å²) in [5.41, 5.74) is 3.41. The molecule has 0 amide bonds. The summed E-state index contributed by atoms with van der Waals surface area (Å²) in [6.07, 6.45) is 5.34. The highest BCUT2D eigenvalue weighted by Crippen LogP contribution is 2.33. The molecule has 0 saturated heterocycles. The zero-order valence-electron chi connectivity index (χ0n) is 16.9. The zero-order valence-corrected chi connectivity index (χ0v) is 17.7. The third kappa shape index (κ3) is 4.11. The number of carbonyl (C=O) groups is 1. The number of esters is 1. The van der Waals surface area contributed by atoms with Crippen molar-refractivity contribution in [3.63, 3.8) is 0 Å². The second kappa shape index (κ2) is 8.57. The van der Waals surface area contributed by atoms with Crippen molar-refractivity contribution in [2.24, 2.45) is 0 Å². The van der Waals surface area contributed by atoms with Gasteiger partial charge >= 0.3 is 5.97 Å². The molecule has 0 bridgehead atoms. The Hall–Kier alpha value is -2.71. The van der Waals surface area contributed by atoms with Crippen LogP contribution in [0.3, 0.4) is 0 Å². The Bertz CT molecular complexity index is 1160. The lowest BCUT2D eigenvalue weighted by Gasteiger charge is -2.25. The minimum Gasteiger partial charge on any atom is -0.466 e. The van der Waals surface area contributed by atoms with Gasteiger partial charge in [-0.25, -0.2) is 13.1 Å². The fourth-order valence-electron chi connectivity index (χ4n) is 4.20. The van der Waals surface area contributed by atoms with Crippen LogP contribution < -0.4 is 4.72 Å². The maximum absolute atomic E-state index is 12.7. The van der Waals surface area contributed by atoms with E-state index in [2.05, 4.69) is 26.4 Å². The van der Waals surface area contributed by atoms with Gasteiger partial charge < -0.3 is 9.30 Å². The molecule has 0 fully saturated rings. The van der Waals surface area contributed by atoms with Gasteiger partial charge in [0.15, 0.2) is 0 Å². The Morgan fingerprint density at radius 2 is 2.00 bits per heavy atom. The van der Waals surface area contributed by atoms with Crippen LogP contribution in [0, 0.1) is 0 Å². The SMILES string of the molecule is CCOC(=O)CCn1c2c(c3ccccc31)CC(NS(=O)(=O)c1ccncc1)CC2. The Morgan fingerprint density at radius 1 is 1.23 bits per heavy atom. The second-order valence-electron chi connectivity index (χ2n) is 7.39. The van der Waals surface area contributed by atoms with Gasteiger partial charge in [-0.05, 0) is 49.9 Å². The Balaban J connectivity index is 1.59. The van der Waals surface area contributed by atoms with Gasteiger partial charge in [0, 0.05) is 41.6 Å². The first-order chi connectivity index (χ1) is 14.5. The number of rotatable bonds is 7. The average molecular weight is 428 g/mol. The molecular formula is C22H25N3O4S. The van der Waals surface area contributed by atoms with Gasteiger partial charge in [0.1, 0.15) is 0 Å². The summed E-state index contributed by atoms with van der Waals surface area (Å²) in [5, 5.41) is 1.11. The summed E-state index contributed by atoms with van der Waals surface area (Å²) in [6.45, 7) is 2.74. The Kier molecular flexibility index (Phi) is 5.87. The summed E-state index contributed by atoms with van der Waals surface area (Å²) >= 11 is 0. The smallest absolute Gasteiger partial charge is 0.307 e. The monoisotopic (exact) mass is 427 g/mol. The molecule has 30 heavy (non-hydrogen) atoms. The zero-order chi connectivity index (χ0) is 21.1. The van der Waals surface area contributed by atoms with Crippen LogP contribution >= 0.6 is 0 Å². The summed E-state index contributed by atoms with van der Waals surface area (Å²) in [4.78, 5) is 16.0. The molecule has 158 valence electrons. The van der Waals surface area contributed by atoms with E-state index in [-0.39, 0.29) is 16.9 Å². The first-order valence-corrected chi connectivity index (χ1v) is 11.6. The van der Waals surface area contributed by atoms with Crippen LogP contribution in [0.25, 0.3) is 10.9 Å². The maximum Gasteiger partial charge on any atom is 0.307 e. The van der Waals surface area contributed by atoms with E-state index in [1.165, 1.54) is 30.2 Å². The summed E-state index contributed by atoms with van der Waals surface area (Å²) < 4.78 is 35.6. The standard InChI is InChI=1S/C22H25N3O4S/c1-2-29-22(26)11-14-25-20-6-4-3-5-18(20)19-15-16(7-8-21(19)25)24-30(27,28)17-9-12-23-13-10-17/h3-6,9-10,12-13,16,24H,2,7-8,11,14-15H2,1H3. The number of hydrogen-bond donors (Lipinski definition) is 1. The van der Waals surface area contributed by atoms with Crippen molar-refractivity contribution in [3.05, 3.63) is 60.0 Å². The molecule has 3 aromatic rings. The molecule has 1 atom stereocenters. The fourth-order valence-corrected chi connectivity index (χ4v) is 5.45. The van der Waals surface area contributed by atoms with Gasteiger partial charge in [-0.15, -0.1) is 0 Å². The normalized spacial score (nSPS) is 16.4. The van der Waals surface area contributed by atoms with E-state index in [1.807, 2.05) is 12.1 Å². The summed E-state index contributed by atoms with van der Waals surface area (Å²) in [6, 6.07) is 10.9. The number of nitrogens with one attached hydrogen (secondary N) is 1. The van der Waals surface area contributed by atoms with Crippen molar-refractivity contribution >= 4 is 26.9 Å². The lowest BCUT2D eigenvalue weighted by molar-refractivity contribution is -0.143. The Labute approximate surface area is 176 Å². The number of sulfonamides is 1. The highest BCUT2D eigenvalue weighted by molar-refractivity contribution is 7.89. The highest BCUT2D eigenvalue weighted by atomic mass is 32.2. The third-order valence-corrected chi connectivity index (χ3v) is 7.04. The predicted molar refractivity (Wildman–Crippen MR) is 114 cm³/mol. The maximum atomic E-state index is 12.7. The first-order valence-electron chi connectivity index (χ1n) is 10.2. The number of hydrogen-bond acceptors (Lipinski definition) is 5. The molecule has 4 rings (SSSR count). The molecule has 2 heterocycles. The van der Waals surface area contributed by atoms with Crippen molar-refractivity contribution < 1.29 is 17.9 Å². The van der Waals surface area contributed by atoms with E-state index in [9.17, 15) is 13.2 Å². The van der Waals surface area contributed by atoms with E-state index < -0.39 is 10.0 Å². The average Bonchev–Trinajstić information content (AvgIpc) is 3.06. The number of carbonyl (C=O) groups excluding carboxylic acids is 1. The van der Waals surface area contributed by atoms with Crippen LogP contribution in [0.15, 0.2) is 53.7 Å². The van der Waals surface area contributed by atoms with Crippen LogP contribution in [-0.4, -0.2) is 36.6 Å². The lowest BCUT2D eigenvalue weighted by Crippen LogP contribution is -2.39. The number of nitrogens with zero attached hydrogens (tertiary/aromatic N) is 2. The van der Waals surface area contributed by atoms with Crippen LogP contribution in [0.1, 0.15) is 31.0 Å². The van der Waals surface area contributed by atoms with E-state index in [1.54, 1.807) is 6.92 Å². The number of aryl methyl sites for hydroxylation is 1. The number of benzene rings is 1. The number of para-hydroxylation sites is 1. The number of fused-ring (bicyclic) bond motifs is 3. The lowest BCUT2D eigenvalue weighted by atomic mass is 9.92.